The van der Waals surface area contributed by atoms with Crippen molar-refractivity contribution >= 4 is 0 Å². The van der Waals surface area contributed by atoms with Crippen molar-refractivity contribution in [3.8, 4) is 0 Å². The molecule has 2 unspecified atom stereocenters. The molecule has 2 atom stereocenters. The number of rotatable bonds is 10. The zero-order chi connectivity index (χ0) is 12.3. The Kier molecular flexibility index (Phi) is 8.78. The van der Waals surface area contributed by atoms with Gasteiger partial charge in [-0.05, 0) is 31.7 Å². The van der Waals surface area contributed by atoms with Gasteiger partial charge in [0.05, 0.1) is 0 Å². The first-order chi connectivity index (χ1) is 8.38. The lowest BCUT2D eigenvalue weighted by atomic mass is 9.95. The van der Waals surface area contributed by atoms with Crippen LogP contribution in [0.25, 0.3) is 0 Å². The Morgan fingerprint density at radius 1 is 0.882 bits per heavy atom. The second kappa shape index (κ2) is 9.94. The SMILES string of the molecule is CCCCCCCCCC1CCCC1NCC. The molecule has 1 heteroatoms. The molecular formula is C16H33N. The maximum Gasteiger partial charge on any atom is 0.00952 e. The summed E-state index contributed by atoms with van der Waals surface area (Å²) < 4.78 is 0. The summed E-state index contributed by atoms with van der Waals surface area (Å²) >= 11 is 0. The summed E-state index contributed by atoms with van der Waals surface area (Å²) in [5.41, 5.74) is 0. The maximum absolute atomic E-state index is 3.66. The molecule has 0 heterocycles. The Labute approximate surface area is 109 Å². The second-order valence-corrected chi connectivity index (χ2v) is 5.77. The van der Waals surface area contributed by atoms with Crippen LogP contribution in [0.4, 0.5) is 0 Å². The van der Waals surface area contributed by atoms with Crippen molar-refractivity contribution in [3.63, 3.8) is 0 Å². The molecule has 0 spiro atoms. The van der Waals surface area contributed by atoms with E-state index in [0.717, 1.165) is 18.5 Å². The van der Waals surface area contributed by atoms with E-state index < -0.39 is 0 Å². The quantitative estimate of drug-likeness (QED) is 0.534. The van der Waals surface area contributed by atoms with Gasteiger partial charge < -0.3 is 5.32 Å². The zero-order valence-electron chi connectivity index (χ0n) is 12.1. The molecular weight excluding hydrogens is 206 g/mol. The monoisotopic (exact) mass is 239 g/mol. The minimum atomic E-state index is 0.847. The van der Waals surface area contributed by atoms with E-state index in [1.165, 1.54) is 70.6 Å². The molecule has 0 amide bonds. The predicted octanol–water partition coefficient (Wildman–Crippen LogP) is 4.91. The largest absolute Gasteiger partial charge is 0.314 e. The van der Waals surface area contributed by atoms with Gasteiger partial charge in [-0.2, -0.15) is 0 Å². The number of unbranched alkanes of at least 4 members (excludes halogenated alkanes) is 6. The molecule has 1 fully saturated rings. The number of hydrogen-bond donors (Lipinski definition) is 1. The zero-order valence-corrected chi connectivity index (χ0v) is 12.1. The van der Waals surface area contributed by atoms with Crippen LogP contribution in [0.15, 0.2) is 0 Å². The third-order valence-electron chi connectivity index (χ3n) is 4.30. The fraction of sp³-hybridized carbons (Fsp3) is 1.00. The van der Waals surface area contributed by atoms with Crippen LogP contribution in [-0.2, 0) is 0 Å². The molecule has 0 bridgehead atoms. The molecule has 0 aromatic rings. The van der Waals surface area contributed by atoms with E-state index in [0.29, 0.717) is 0 Å². The van der Waals surface area contributed by atoms with Gasteiger partial charge in [-0.15, -0.1) is 0 Å². The van der Waals surface area contributed by atoms with E-state index in [9.17, 15) is 0 Å². The summed E-state index contributed by atoms with van der Waals surface area (Å²) in [6.45, 7) is 5.68. The summed E-state index contributed by atoms with van der Waals surface area (Å²) in [4.78, 5) is 0. The van der Waals surface area contributed by atoms with Crippen LogP contribution in [-0.4, -0.2) is 12.6 Å². The smallest absolute Gasteiger partial charge is 0.00952 e. The van der Waals surface area contributed by atoms with Gasteiger partial charge in [-0.25, -0.2) is 0 Å². The van der Waals surface area contributed by atoms with Crippen LogP contribution in [0.1, 0.15) is 84.5 Å². The third-order valence-corrected chi connectivity index (χ3v) is 4.30. The van der Waals surface area contributed by atoms with Crippen LogP contribution < -0.4 is 5.32 Å². The van der Waals surface area contributed by atoms with Crippen molar-refractivity contribution in [1.82, 2.24) is 5.32 Å². The highest BCUT2D eigenvalue weighted by Gasteiger charge is 2.25. The average Bonchev–Trinajstić information content (AvgIpc) is 2.76. The highest BCUT2D eigenvalue weighted by molar-refractivity contribution is 4.82. The second-order valence-electron chi connectivity index (χ2n) is 5.77. The summed E-state index contributed by atoms with van der Waals surface area (Å²) in [5.74, 6) is 0.991. The molecule has 1 rings (SSSR count). The minimum Gasteiger partial charge on any atom is -0.314 e. The van der Waals surface area contributed by atoms with Gasteiger partial charge >= 0.3 is 0 Å². The fourth-order valence-electron chi connectivity index (χ4n) is 3.28. The van der Waals surface area contributed by atoms with E-state index in [1.54, 1.807) is 0 Å². The van der Waals surface area contributed by atoms with Crippen LogP contribution >= 0.6 is 0 Å². The molecule has 0 aromatic carbocycles. The molecule has 1 saturated carbocycles. The van der Waals surface area contributed by atoms with Gasteiger partial charge in [0.1, 0.15) is 0 Å². The normalized spacial score (nSPS) is 24.4. The van der Waals surface area contributed by atoms with Crippen molar-refractivity contribution < 1.29 is 0 Å². The van der Waals surface area contributed by atoms with Gasteiger partial charge in [0.15, 0.2) is 0 Å². The Bertz CT molecular complexity index is 167. The van der Waals surface area contributed by atoms with E-state index >= 15 is 0 Å². The van der Waals surface area contributed by atoms with Crippen LogP contribution in [0.5, 0.6) is 0 Å². The highest BCUT2D eigenvalue weighted by Crippen LogP contribution is 2.30. The van der Waals surface area contributed by atoms with Crippen molar-refractivity contribution in [1.29, 1.82) is 0 Å². The van der Waals surface area contributed by atoms with Gasteiger partial charge in [-0.1, -0.05) is 65.2 Å². The maximum atomic E-state index is 3.66. The predicted molar refractivity (Wildman–Crippen MR) is 77.4 cm³/mol. The van der Waals surface area contributed by atoms with Gasteiger partial charge in [0.25, 0.3) is 0 Å². The molecule has 1 nitrogen and oxygen atoms in total. The lowest BCUT2D eigenvalue weighted by Crippen LogP contribution is -2.32. The molecule has 1 aliphatic rings. The molecule has 0 saturated heterocycles. The minimum absolute atomic E-state index is 0.847. The van der Waals surface area contributed by atoms with E-state index in [2.05, 4.69) is 19.2 Å². The molecule has 102 valence electrons. The molecule has 1 aliphatic carbocycles. The molecule has 1 N–H and O–H groups in total. The first-order valence-electron chi connectivity index (χ1n) is 8.11. The Hall–Kier alpha value is -0.0400. The van der Waals surface area contributed by atoms with Crippen molar-refractivity contribution in [3.05, 3.63) is 0 Å². The first-order valence-corrected chi connectivity index (χ1v) is 8.11. The number of hydrogen-bond acceptors (Lipinski definition) is 1. The van der Waals surface area contributed by atoms with E-state index in [4.69, 9.17) is 0 Å². The Morgan fingerprint density at radius 3 is 2.29 bits per heavy atom. The van der Waals surface area contributed by atoms with E-state index in [1.807, 2.05) is 0 Å². The molecule has 17 heavy (non-hydrogen) atoms. The fourth-order valence-corrected chi connectivity index (χ4v) is 3.28. The molecule has 0 aliphatic heterocycles. The molecule has 0 radical (unpaired) electrons. The lowest BCUT2D eigenvalue weighted by Gasteiger charge is -2.20. The van der Waals surface area contributed by atoms with Crippen molar-refractivity contribution in [2.75, 3.05) is 6.54 Å². The first kappa shape index (κ1) is 15.0. The van der Waals surface area contributed by atoms with Crippen LogP contribution in [0.3, 0.4) is 0 Å². The summed E-state index contributed by atoms with van der Waals surface area (Å²) in [6.07, 6.45) is 16.0. The Morgan fingerprint density at radius 2 is 1.59 bits per heavy atom. The molecule has 0 aromatic heterocycles. The van der Waals surface area contributed by atoms with Gasteiger partial charge in [-0.3, -0.25) is 0 Å². The highest BCUT2D eigenvalue weighted by atomic mass is 14.9. The van der Waals surface area contributed by atoms with Crippen LogP contribution in [0, 0.1) is 5.92 Å². The average molecular weight is 239 g/mol. The standard InChI is InChI=1S/C16H33N/c1-3-5-6-7-8-9-10-12-15-13-11-14-16(15)17-4-2/h15-17H,3-14H2,1-2H3. The van der Waals surface area contributed by atoms with Crippen molar-refractivity contribution in [2.24, 2.45) is 5.92 Å². The third kappa shape index (κ3) is 6.45. The van der Waals surface area contributed by atoms with Gasteiger partial charge in [0, 0.05) is 6.04 Å². The Balaban J connectivity index is 1.94. The van der Waals surface area contributed by atoms with Crippen molar-refractivity contribution in [2.45, 2.75) is 90.5 Å². The van der Waals surface area contributed by atoms with Gasteiger partial charge in [0.2, 0.25) is 0 Å². The lowest BCUT2D eigenvalue weighted by molar-refractivity contribution is 0.370. The van der Waals surface area contributed by atoms with E-state index in [-0.39, 0.29) is 0 Å². The topological polar surface area (TPSA) is 12.0 Å². The number of nitrogens with one attached hydrogen (secondary N) is 1. The van der Waals surface area contributed by atoms with Crippen LogP contribution in [0.2, 0.25) is 0 Å². The summed E-state index contributed by atoms with van der Waals surface area (Å²) in [6, 6.07) is 0.847. The summed E-state index contributed by atoms with van der Waals surface area (Å²) in [5, 5.41) is 3.66. The summed E-state index contributed by atoms with van der Waals surface area (Å²) in [7, 11) is 0.